The van der Waals surface area contributed by atoms with Gasteiger partial charge in [0.05, 0.1) is 5.56 Å². The van der Waals surface area contributed by atoms with Crippen LogP contribution in [0.5, 0.6) is 0 Å². The molecule has 1 aromatic heterocycles. The molecule has 0 spiro atoms. The Balaban J connectivity index is 2.52. The van der Waals surface area contributed by atoms with Gasteiger partial charge in [-0.1, -0.05) is 6.07 Å². The van der Waals surface area contributed by atoms with Gasteiger partial charge < -0.3 is 4.90 Å². The summed E-state index contributed by atoms with van der Waals surface area (Å²) in [6.45, 7) is 6.07. The SMILES string of the molecule is Cc1cc(C)cc(N(C)c2nc(C)ccc2C#N)c1. The van der Waals surface area contributed by atoms with E-state index in [1.54, 1.807) is 0 Å². The molecule has 0 unspecified atom stereocenters. The average molecular weight is 251 g/mol. The number of aromatic nitrogens is 1. The van der Waals surface area contributed by atoms with Crippen molar-refractivity contribution in [3.8, 4) is 6.07 Å². The maximum Gasteiger partial charge on any atom is 0.150 e. The van der Waals surface area contributed by atoms with E-state index in [1.807, 2.05) is 31.0 Å². The van der Waals surface area contributed by atoms with Crippen LogP contribution < -0.4 is 4.90 Å². The van der Waals surface area contributed by atoms with Crippen molar-refractivity contribution in [1.29, 1.82) is 5.26 Å². The number of nitriles is 1. The van der Waals surface area contributed by atoms with Crippen LogP contribution in [0.25, 0.3) is 0 Å². The van der Waals surface area contributed by atoms with Crippen molar-refractivity contribution in [3.63, 3.8) is 0 Å². The van der Waals surface area contributed by atoms with Crippen LogP contribution >= 0.6 is 0 Å². The van der Waals surface area contributed by atoms with Crippen LogP contribution in [-0.4, -0.2) is 12.0 Å². The average Bonchev–Trinajstić information content (AvgIpc) is 2.36. The van der Waals surface area contributed by atoms with E-state index in [-0.39, 0.29) is 0 Å². The Kier molecular flexibility index (Phi) is 3.52. The molecule has 3 heteroatoms. The molecule has 0 atom stereocenters. The van der Waals surface area contributed by atoms with E-state index < -0.39 is 0 Å². The predicted molar refractivity (Wildman–Crippen MR) is 77.7 cm³/mol. The topological polar surface area (TPSA) is 39.9 Å². The summed E-state index contributed by atoms with van der Waals surface area (Å²) in [5.41, 5.74) is 4.95. The summed E-state index contributed by atoms with van der Waals surface area (Å²) >= 11 is 0. The lowest BCUT2D eigenvalue weighted by atomic mass is 10.1. The van der Waals surface area contributed by atoms with E-state index in [9.17, 15) is 5.26 Å². The second-order valence-electron chi connectivity index (χ2n) is 4.84. The van der Waals surface area contributed by atoms with Gasteiger partial charge in [0.2, 0.25) is 0 Å². The molecular weight excluding hydrogens is 234 g/mol. The van der Waals surface area contributed by atoms with Crippen LogP contribution in [0, 0.1) is 32.1 Å². The molecule has 0 aliphatic heterocycles. The fourth-order valence-corrected chi connectivity index (χ4v) is 2.15. The number of anilines is 2. The van der Waals surface area contributed by atoms with Crippen molar-refractivity contribution in [2.24, 2.45) is 0 Å². The number of nitrogens with zero attached hydrogens (tertiary/aromatic N) is 3. The quantitative estimate of drug-likeness (QED) is 0.818. The van der Waals surface area contributed by atoms with Gasteiger partial charge in [-0.3, -0.25) is 0 Å². The molecule has 0 bridgehead atoms. The van der Waals surface area contributed by atoms with Crippen molar-refractivity contribution >= 4 is 11.5 Å². The molecule has 0 saturated carbocycles. The lowest BCUT2D eigenvalue weighted by molar-refractivity contribution is 1.08. The second kappa shape index (κ2) is 5.11. The smallest absolute Gasteiger partial charge is 0.150 e. The van der Waals surface area contributed by atoms with E-state index >= 15 is 0 Å². The van der Waals surface area contributed by atoms with Gasteiger partial charge in [-0.25, -0.2) is 4.98 Å². The minimum Gasteiger partial charge on any atom is -0.328 e. The van der Waals surface area contributed by atoms with Gasteiger partial charge in [-0.15, -0.1) is 0 Å². The molecule has 0 radical (unpaired) electrons. The lowest BCUT2D eigenvalue weighted by Crippen LogP contribution is -2.13. The summed E-state index contributed by atoms with van der Waals surface area (Å²) in [6.07, 6.45) is 0. The minimum atomic E-state index is 0.590. The molecule has 2 aromatic rings. The highest BCUT2D eigenvalue weighted by Gasteiger charge is 2.11. The van der Waals surface area contributed by atoms with E-state index in [0.29, 0.717) is 11.4 Å². The molecule has 0 saturated heterocycles. The molecule has 19 heavy (non-hydrogen) atoms. The molecule has 0 aliphatic carbocycles. The minimum absolute atomic E-state index is 0.590. The van der Waals surface area contributed by atoms with Crippen LogP contribution in [-0.2, 0) is 0 Å². The van der Waals surface area contributed by atoms with Gasteiger partial charge in [-0.2, -0.15) is 5.26 Å². The maximum atomic E-state index is 9.20. The molecule has 96 valence electrons. The fourth-order valence-electron chi connectivity index (χ4n) is 2.15. The van der Waals surface area contributed by atoms with Crippen molar-refractivity contribution < 1.29 is 0 Å². The fraction of sp³-hybridized carbons (Fsp3) is 0.250. The molecule has 3 nitrogen and oxygen atoms in total. The highest BCUT2D eigenvalue weighted by atomic mass is 15.2. The van der Waals surface area contributed by atoms with Crippen molar-refractivity contribution in [1.82, 2.24) is 4.98 Å². The molecule has 0 amide bonds. The summed E-state index contributed by atoms with van der Waals surface area (Å²) in [5, 5.41) is 9.20. The summed E-state index contributed by atoms with van der Waals surface area (Å²) in [5.74, 6) is 0.701. The zero-order chi connectivity index (χ0) is 14.0. The number of hydrogen-bond acceptors (Lipinski definition) is 3. The van der Waals surface area contributed by atoms with Gasteiger partial charge in [0.25, 0.3) is 0 Å². The zero-order valence-electron chi connectivity index (χ0n) is 11.7. The second-order valence-corrected chi connectivity index (χ2v) is 4.84. The number of rotatable bonds is 2. The standard InChI is InChI=1S/C16H17N3/c1-11-7-12(2)9-15(8-11)19(4)16-14(10-17)6-5-13(3)18-16/h5-9H,1-4H3. The van der Waals surface area contributed by atoms with Gasteiger partial charge in [0.1, 0.15) is 6.07 Å². The summed E-state index contributed by atoms with van der Waals surface area (Å²) in [7, 11) is 1.94. The van der Waals surface area contributed by atoms with Crippen LogP contribution in [0.15, 0.2) is 30.3 Å². The number of benzene rings is 1. The Morgan fingerprint density at radius 1 is 1.05 bits per heavy atom. The molecule has 2 rings (SSSR count). The van der Waals surface area contributed by atoms with Crippen LogP contribution in [0.3, 0.4) is 0 Å². The summed E-state index contributed by atoms with van der Waals surface area (Å²) in [6, 6.07) is 12.2. The largest absolute Gasteiger partial charge is 0.328 e. The maximum absolute atomic E-state index is 9.20. The van der Waals surface area contributed by atoms with Crippen molar-refractivity contribution in [2.75, 3.05) is 11.9 Å². The Bertz CT molecular complexity index is 633. The first-order valence-electron chi connectivity index (χ1n) is 6.21. The molecule has 1 aromatic carbocycles. The Morgan fingerprint density at radius 3 is 2.26 bits per heavy atom. The van der Waals surface area contributed by atoms with Crippen LogP contribution in [0.2, 0.25) is 0 Å². The first-order chi connectivity index (χ1) is 9.01. The van der Waals surface area contributed by atoms with Gasteiger partial charge >= 0.3 is 0 Å². The highest BCUT2D eigenvalue weighted by Crippen LogP contribution is 2.26. The third-order valence-electron chi connectivity index (χ3n) is 3.05. The van der Waals surface area contributed by atoms with E-state index in [1.165, 1.54) is 11.1 Å². The number of hydrogen-bond donors (Lipinski definition) is 0. The van der Waals surface area contributed by atoms with Crippen molar-refractivity contribution in [2.45, 2.75) is 20.8 Å². The van der Waals surface area contributed by atoms with Gasteiger partial charge in [0.15, 0.2) is 5.82 Å². The molecule has 1 heterocycles. The van der Waals surface area contributed by atoms with Crippen LogP contribution in [0.4, 0.5) is 11.5 Å². The normalized spacial score (nSPS) is 10.1. The van der Waals surface area contributed by atoms with E-state index in [2.05, 4.69) is 43.1 Å². The Labute approximate surface area is 114 Å². The molecular formula is C16H17N3. The highest BCUT2D eigenvalue weighted by molar-refractivity contribution is 5.66. The Morgan fingerprint density at radius 2 is 1.68 bits per heavy atom. The molecule has 0 fully saturated rings. The third-order valence-corrected chi connectivity index (χ3v) is 3.05. The van der Waals surface area contributed by atoms with Gasteiger partial charge in [0, 0.05) is 18.4 Å². The number of aryl methyl sites for hydroxylation is 3. The molecule has 0 N–H and O–H groups in total. The zero-order valence-corrected chi connectivity index (χ0v) is 11.7. The lowest BCUT2D eigenvalue weighted by Gasteiger charge is -2.21. The summed E-state index contributed by atoms with van der Waals surface area (Å²) in [4.78, 5) is 6.45. The first-order valence-corrected chi connectivity index (χ1v) is 6.21. The Hall–Kier alpha value is -2.34. The summed E-state index contributed by atoms with van der Waals surface area (Å²) < 4.78 is 0. The third kappa shape index (κ3) is 2.74. The van der Waals surface area contributed by atoms with E-state index in [4.69, 9.17) is 0 Å². The predicted octanol–water partition coefficient (Wildman–Crippen LogP) is 3.65. The van der Waals surface area contributed by atoms with Crippen LogP contribution in [0.1, 0.15) is 22.4 Å². The van der Waals surface area contributed by atoms with Crippen molar-refractivity contribution in [3.05, 3.63) is 52.7 Å². The van der Waals surface area contributed by atoms with Gasteiger partial charge in [-0.05, 0) is 56.2 Å². The van der Waals surface area contributed by atoms with E-state index in [0.717, 1.165) is 11.4 Å². The first kappa shape index (κ1) is 13.1. The number of pyridine rings is 1. The molecule has 0 aliphatic rings. The monoisotopic (exact) mass is 251 g/mol.